The summed E-state index contributed by atoms with van der Waals surface area (Å²) in [4.78, 5) is 11.9. The van der Waals surface area contributed by atoms with Gasteiger partial charge >= 0.3 is 5.97 Å². The summed E-state index contributed by atoms with van der Waals surface area (Å²) in [7, 11) is 0. The Bertz CT molecular complexity index is 507. The van der Waals surface area contributed by atoms with Gasteiger partial charge in [0.25, 0.3) is 0 Å². The fourth-order valence-electron chi connectivity index (χ4n) is 4.95. The molecule has 0 aromatic rings. The predicted molar refractivity (Wildman–Crippen MR) is 170 cm³/mol. The molecular weight excluding hydrogens is 464 g/mol. The third-order valence-electron chi connectivity index (χ3n) is 7.56. The van der Waals surface area contributed by atoms with Crippen molar-refractivity contribution in [1.29, 1.82) is 0 Å². The van der Waals surface area contributed by atoms with Gasteiger partial charge < -0.3 is 4.74 Å². The van der Waals surface area contributed by atoms with E-state index in [2.05, 4.69) is 38.2 Å². The Kier molecular flexibility index (Phi) is 33.0. The van der Waals surface area contributed by atoms with E-state index in [0.717, 1.165) is 12.8 Å². The van der Waals surface area contributed by atoms with Crippen LogP contribution in [0.3, 0.4) is 0 Å². The SMILES string of the molecule is CCCCCC/C=C/CCCCCCCCCC(=O)OCCCCCCCC/C=C\CCCCCCCC. The summed E-state index contributed by atoms with van der Waals surface area (Å²) >= 11 is 0. The van der Waals surface area contributed by atoms with Crippen molar-refractivity contribution in [2.75, 3.05) is 6.61 Å². The minimum atomic E-state index is 0.0132. The van der Waals surface area contributed by atoms with Gasteiger partial charge in [0.1, 0.15) is 0 Å². The quantitative estimate of drug-likeness (QED) is 0.0504. The van der Waals surface area contributed by atoms with Crippen LogP contribution in [0.1, 0.15) is 194 Å². The molecule has 0 aromatic carbocycles. The second kappa shape index (κ2) is 34.0. The minimum Gasteiger partial charge on any atom is -0.466 e. The van der Waals surface area contributed by atoms with E-state index >= 15 is 0 Å². The van der Waals surface area contributed by atoms with E-state index in [1.165, 1.54) is 161 Å². The Labute approximate surface area is 239 Å². The summed E-state index contributed by atoms with van der Waals surface area (Å²) < 4.78 is 5.43. The number of carbonyl (C=O) groups excluding carboxylic acids is 1. The van der Waals surface area contributed by atoms with E-state index in [-0.39, 0.29) is 5.97 Å². The van der Waals surface area contributed by atoms with E-state index in [0.29, 0.717) is 13.0 Å². The van der Waals surface area contributed by atoms with Gasteiger partial charge in [-0.25, -0.2) is 0 Å². The van der Waals surface area contributed by atoms with E-state index in [1.54, 1.807) is 0 Å². The smallest absolute Gasteiger partial charge is 0.305 e. The van der Waals surface area contributed by atoms with Crippen molar-refractivity contribution >= 4 is 5.97 Å². The Morgan fingerprint density at radius 1 is 0.421 bits per heavy atom. The predicted octanol–water partition coefficient (Wildman–Crippen LogP) is 12.6. The number of hydrogen-bond acceptors (Lipinski definition) is 2. The maximum Gasteiger partial charge on any atom is 0.305 e. The number of rotatable bonds is 31. The van der Waals surface area contributed by atoms with Crippen LogP contribution >= 0.6 is 0 Å². The summed E-state index contributed by atoms with van der Waals surface area (Å²) in [6.45, 7) is 5.17. The Morgan fingerprint density at radius 3 is 1.16 bits per heavy atom. The van der Waals surface area contributed by atoms with Gasteiger partial charge in [-0.3, -0.25) is 4.79 Å². The van der Waals surface area contributed by atoms with Gasteiger partial charge in [0, 0.05) is 6.42 Å². The normalized spacial score (nSPS) is 11.7. The first-order valence-electron chi connectivity index (χ1n) is 17.3. The van der Waals surface area contributed by atoms with Crippen molar-refractivity contribution in [3.8, 4) is 0 Å². The standard InChI is InChI=1S/C36H68O2/c1-3-5-7-9-11-13-15-17-19-21-23-25-27-29-31-33-35-38-36(37)34-32-30-28-26-24-22-20-18-16-14-12-10-8-6-4-2/h14,16-17,19H,3-13,15,18,20-35H2,1-2H3/b16-14+,19-17-. The molecule has 0 unspecified atom stereocenters. The molecule has 0 saturated heterocycles. The first-order chi connectivity index (χ1) is 18.8. The van der Waals surface area contributed by atoms with Crippen LogP contribution in [0.2, 0.25) is 0 Å². The highest BCUT2D eigenvalue weighted by molar-refractivity contribution is 5.69. The number of carbonyl (C=O) groups is 1. The third kappa shape index (κ3) is 33.0. The number of ether oxygens (including phenoxy) is 1. The van der Waals surface area contributed by atoms with Crippen molar-refractivity contribution in [2.24, 2.45) is 0 Å². The summed E-state index contributed by atoms with van der Waals surface area (Å²) in [5.41, 5.74) is 0. The monoisotopic (exact) mass is 533 g/mol. The zero-order valence-electron chi connectivity index (χ0n) is 26.1. The molecule has 0 amide bonds. The second-order valence-electron chi connectivity index (χ2n) is 11.5. The summed E-state index contributed by atoms with van der Waals surface area (Å²) in [5, 5.41) is 0. The third-order valence-corrected chi connectivity index (χ3v) is 7.56. The first kappa shape index (κ1) is 37.0. The Balaban J connectivity index is 3.22. The molecule has 0 radical (unpaired) electrons. The average molecular weight is 533 g/mol. The topological polar surface area (TPSA) is 26.3 Å². The maximum absolute atomic E-state index is 11.9. The molecule has 2 heteroatoms. The van der Waals surface area contributed by atoms with Crippen molar-refractivity contribution in [3.63, 3.8) is 0 Å². The largest absolute Gasteiger partial charge is 0.466 e. The lowest BCUT2D eigenvalue weighted by molar-refractivity contribution is -0.143. The lowest BCUT2D eigenvalue weighted by Crippen LogP contribution is -2.05. The number of esters is 1. The lowest BCUT2D eigenvalue weighted by atomic mass is 10.1. The van der Waals surface area contributed by atoms with Gasteiger partial charge in [0.15, 0.2) is 0 Å². The molecule has 0 aliphatic heterocycles. The van der Waals surface area contributed by atoms with Gasteiger partial charge in [0.05, 0.1) is 6.61 Å². The second-order valence-corrected chi connectivity index (χ2v) is 11.5. The highest BCUT2D eigenvalue weighted by Crippen LogP contribution is 2.12. The Hall–Kier alpha value is -1.05. The molecular formula is C36H68O2. The molecule has 0 aliphatic rings. The molecule has 0 N–H and O–H groups in total. The molecule has 0 aliphatic carbocycles. The molecule has 2 nitrogen and oxygen atoms in total. The highest BCUT2D eigenvalue weighted by atomic mass is 16.5. The minimum absolute atomic E-state index is 0.0132. The molecule has 0 heterocycles. The zero-order valence-corrected chi connectivity index (χ0v) is 26.1. The summed E-state index contributed by atoms with van der Waals surface area (Å²) in [6.07, 6.45) is 45.2. The number of allylic oxidation sites excluding steroid dienone is 4. The van der Waals surface area contributed by atoms with Gasteiger partial charge in [-0.15, -0.1) is 0 Å². The van der Waals surface area contributed by atoms with Crippen molar-refractivity contribution in [2.45, 2.75) is 194 Å². The van der Waals surface area contributed by atoms with Crippen LogP contribution in [0.15, 0.2) is 24.3 Å². The molecule has 38 heavy (non-hydrogen) atoms. The van der Waals surface area contributed by atoms with Gasteiger partial charge in [-0.05, 0) is 64.2 Å². The van der Waals surface area contributed by atoms with E-state index in [9.17, 15) is 4.79 Å². The summed E-state index contributed by atoms with van der Waals surface area (Å²) in [5.74, 6) is 0.0132. The van der Waals surface area contributed by atoms with Gasteiger partial charge in [-0.2, -0.15) is 0 Å². The van der Waals surface area contributed by atoms with Gasteiger partial charge in [0.2, 0.25) is 0 Å². The number of hydrogen-bond donors (Lipinski definition) is 0. The van der Waals surface area contributed by atoms with Crippen molar-refractivity contribution in [3.05, 3.63) is 24.3 Å². The molecule has 0 aromatic heterocycles. The summed E-state index contributed by atoms with van der Waals surface area (Å²) in [6, 6.07) is 0. The van der Waals surface area contributed by atoms with Crippen LogP contribution in [0, 0.1) is 0 Å². The van der Waals surface area contributed by atoms with Crippen LogP contribution in [-0.2, 0) is 9.53 Å². The van der Waals surface area contributed by atoms with Crippen molar-refractivity contribution < 1.29 is 9.53 Å². The lowest BCUT2D eigenvalue weighted by Gasteiger charge is -2.05. The van der Waals surface area contributed by atoms with E-state index < -0.39 is 0 Å². The number of unbranched alkanes of at least 4 members (excludes halogenated alkanes) is 23. The first-order valence-corrected chi connectivity index (χ1v) is 17.3. The molecule has 224 valence electrons. The van der Waals surface area contributed by atoms with Crippen molar-refractivity contribution in [1.82, 2.24) is 0 Å². The molecule has 0 saturated carbocycles. The maximum atomic E-state index is 11.9. The molecule has 0 atom stereocenters. The van der Waals surface area contributed by atoms with Crippen LogP contribution in [0.25, 0.3) is 0 Å². The molecule has 0 spiro atoms. The fraction of sp³-hybridized carbons (Fsp3) is 0.861. The van der Waals surface area contributed by atoms with Gasteiger partial charge in [-0.1, -0.05) is 147 Å². The zero-order chi connectivity index (χ0) is 27.6. The van der Waals surface area contributed by atoms with Crippen LogP contribution in [-0.4, -0.2) is 12.6 Å². The van der Waals surface area contributed by atoms with E-state index in [4.69, 9.17) is 4.74 Å². The fourth-order valence-corrected chi connectivity index (χ4v) is 4.95. The Morgan fingerprint density at radius 2 is 0.737 bits per heavy atom. The van der Waals surface area contributed by atoms with Crippen LogP contribution < -0.4 is 0 Å². The highest BCUT2D eigenvalue weighted by Gasteiger charge is 2.02. The average Bonchev–Trinajstić information content (AvgIpc) is 2.92. The van der Waals surface area contributed by atoms with E-state index in [1.807, 2.05) is 0 Å². The molecule has 0 fully saturated rings. The van der Waals surface area contributed by atoms with Crippen LogP contribution in [0.5, 0.6) is 0 Å². The van der Waals surface area contributed by atoms with Crippen LogP contribution in [0.4, 0.5) is 0 Å². The molecule has 0 bridgehead atoms. The molecule has 0 rings (SSSR count).